The van der Waals surface area contributed by atoms with Gasteiger partial charge in [-0.1, -0.05) is 6.07 Å². The molecule has 0 aromatic carbocycles. The normalized spacial score (nSPS) is 9.67. The molecule has 1 aromatic rings. The van der Waals surface area contributed by atoms with Crippen LogP contribution < -0.4 is 4.48 Å². The van der Waals surface area contributed by atoms with Crippen molar-refractivity contribution in [1.82, 2.24) is 0 Å². The highest BCUT2D eigenvalue weighted by molar-refractivity contribution is 5.95. The summed E-state index contributed by atoms with van der Waals surface area (Å²) in [7, 11) is 5.60. The van der Waals surface area contributed by atoms with Gasteiger partial charge in [0.25, 0.3) is 0 Å². The molecule has 3 radical (unpaired) electrons. The fraction of sp³-hybridized carbons (Fsp3) is 0.286. The van der Waals surface area contributed by atoms with Crippen molar-refractivity contribution in [3.05, 3.63) is 29.6 Å². The summed E-state index contributed by atoms with van der Waals surface area (Å²) in [6.07, 6.45) is 0. The number of pyridine rings is 1. The molecule has 9 heavy (non-hydrogen) atoms. The van der Waals surface area contributed by atoms with Gasteiger partial charge in [-0.15, -0.1) is 7.98 Å². The van der Waals surface area contributed by atoms with E-state index in [2.05, 4.69) is 0 Å². The molecule has 0 aliphatic rings. The highest BCUT2D eigenvalue weighted by Crippen LogP contribution is 1.90. The first-order valence-electron chi connectivity index (χ1n) is 2.95. The number of rotatable bonds is 0. The van der Waals surface area contributed by atoms with Crippen LogP contribution in [0.15, 0.2) is 18.2 Å². The molecule has 2 heteroatoms. The van der Waals surface area contributed by atoms with Crippen LogP contribution in [-0.2, 0) is 0 Å². The lowest BCUT2D eigenvalue weighted by Gasteiger charge is -2.08. The summed E-state index contributed by atoms with van der Waals surface area (Å²) >= 11 is 0. The Morgan fingerprint density at radius 1 is 1.22 bits per heavy atom. The fourth-order valence-electron chi connectivity index (χ4n) is 0.765. The molecule has 0 bridgehead atoms. The van der Waals surface area contributed by atoms with Gasteiger partial charge in [0.05, 0.1) is 0 Å². The Hall–Kier alpha value is -0.785. The van der Waals surface area contributed by atoms with Crippen LogP contribution in [0.2, 0.25) is 0 Å². The number of aromatic nitrogens is 1. The van der Waals surface area contributed by atoms with E-state index in [1.54, 1.807) is 4.48 Å². The number of nitrogens with zero attached hydrogens (tertiary/aromatic N) is 1. The molecule has 0 aliphatic carbocycles. The van der Waals surface area contributed by atoms with Crippen molar-refractivity contribution in [2.45, 2.75) is 13.8 Å². The Labute approximate surface area is 56.8 Å². The standard InChI is InChI=1S/C7H9BN/c1-6-4-3-5-7(2)9(6)8/h3-5H,1-2H3. The van der Waals surface area contributed by atoms with Crippen molar-refractivity contribution < 1.29 is 4.48 Å². The molecule has 0 spiro atoms. The molecule has 45 valence electrons. The van der Waals surface area contributed by atoms with Gasteiger partial charge in [-0.05, 0) is 12.1 Å². The smallest absolute Gasteiger partial charge is 0.118 e. The Morgan fingerprint density at radius 3 is 2.00 bits per heavy atom. The van der Waals surface area contributed by atoms with Crippen molar-refractivity contribution in [2.24, 2.45) is 0 Å². The zero-order valence-corrected chi connectivity index (χ0v) is 5.76. The maximum Gasteiger partial charge on any atom is 0.118 e. The summed E-state index contributed by atoms with van der Waals surface area (Å²) in [6.45, 7) is 3.96. The van der Waals surface area contributed by atoms with Gasteiger partial charge in [-0.3, -0.25) is 0 Å². The largest absolute Gasteiger partial charge is 0.511 e. The van der Waals surface area contributed by atoms with Gasteiger partial charge in [-0.25, -0.2) is 0 Å². The van der Waals surface area contributed by atoms with Gasteiger partial charge >= 0.3 is 0 Å². The van der Waals surface area contributed by atoms with Crippen LogP contribution in [0.25, 0.3) is 0 Å². The minimum absolute atomic E-state index is 1.08. The Kier molecular flexibility index (Phi) is 1.56. The van der Waals surface area contributed by atoms with Crippen LogP contribution in [0, 0.1) is 13.8 Å². The number of hydrogen-bond acceptors (Lipinski definition) is 0. The minimum Gasteiger partial charge on any atom is -0.511 e. The highest BCUT2D eigenvalue weighted by atomic mass is 14.9. The van der Waals surface area contributed by atoms with Crippen LogP contribution >= 0.6 is 0 Å². The first-order valence-corrected chi connectivity index (χ1v) is 2.95. The lowest BCUT2D eigenvalue weighted by molar-refractivity contribution is -0.537. The van der Waals surface area contributed by atoms with E-state index in [0.717, 1.165) is 11.4 Å². The first-order chi connectivity index (χ1) is 4.22. The molecule has 0 amide bonds. The van der Waals surface area contributed by atoms with Crippen molar-refractivity contribution >= 4 is 7.98 Å². The third-order valence-electron chi connectivity index (χ3n) is 1.43. The van der Waals surface area contributed by atoms with Crippen LogP contribution in [0.1, 0.15) is 11.4 Å². The summed E-state index contributed by atoms with van der Waals surface area (Å²) in [6, 6.07) is 5.95. The third kappa shape index (κ3) is 1.12. The van der Waals surface area contributed by atoms with Crippen molar-refractivity contribution in [1.29, 1.82) is 0 Å². The van der Waals surface area contributed by atoms with E-state index in [1.807, 2.05) is 32.0 Å². The molecule has 1 nitrogen and oxygen atoms in total. The first kappa shape index (κ1) is 6.34. The summed E-state index contributed by atoms with van der Waals surface area (Å²) in [5.74, 6) is 0. The summed E-state index contributed by atoms with van der Waals surface area (Å²) in [5.41, 5.74) is 2.16. The van der Waals surface area contributed by atoms with E-state index < -0.39 is 0 Å². The molecular weight excluding hydrogens is 109 g/mol. The molecule has 0 fully saturated rings. The summed E-state index contributed by atoms with van der Waals surface area (Å²) in [5, 5.41) is 0. The lowest BCUT2D eigenvalue weighted by Crippen LogP contribution is -2.37. The molecule has 1 aromatic heterocycles. The van der Waals surface area contributed by atoms with E-state index in [1.165, 1.54) is 0 Å². The predicted molar refractivity (Wildman–Crippen MR) is 37.3 cm³/mol. The average molecular weight is 118 g/mol. The summed E-state index contributed by atoms with van der Waals surface area (Å²) in [4.78, 5) is 0. The second kappa shape index (κ2) is 2.22. The molecular formula is C7H9BN. The zero-order chi connectivity index (χ0) is 6.85. The molecule has 0 saturated heterocycles. The van der Waals surface area contributed by atoms with Gasteiger partial charge in [0.2, 0.25) is 0 Å². The lowest BCUT2D eigenvalue weighted by atomic mass is 10.2. The monoisotopic (exact) mass is 118 g/mol. The maximum absolute atomic E-state index is 5.60. The third-order valence-corrected chi connectivity index (χ3v) is 1.43. The van der Waals surface area contributed by atoms with E-state index in [-0.39, 0.29) is 0 Å². The van der Waals surface area contributed by atoms with Crippen LogP contribution in [-0.4, -0.2) is 7.98 Å². The topological polar surface area (TPSA) is 3.88 Å². The quantitative estimate of drug-likeness (QED) is 0.437. The van der Waals surface area contributed by atoms with Crippen LogP contribution in [0.5, 0.6) is 0 Å². The van der Waals surface area contributed by atoms with Gasteiger partial charge in [0.1, 0.15) is 11.4 Å². The molecule has 0 N–H and O–H groups in total. The van der Waals surface area contributed by atoms with Gasteiger partial charge in [0.15, 0.2) is 0 Å². The van der Waals surface area contributed by atoms with Gasteiger partial charge < -0.3 is 4.48 Å². The predicted octanol–water partition coefficient (Wildman–Crippen LogP) is 0.523. The molecule has 0 atom stereocenters. The van der Waals surface area contributed by atoms with Crippen molar-refractivity contribution in [3.63, 3.8) is 0 Å². The van der Waals surface area contributed by atoms with Crippen molar-refractivity contribution in [3.8, 4) is 0 Å². The number of hydrogen-bond donors (Lipinski definition) is 0. The average Bonchev–Trinajstić information content (AvgIpc) is 1.83. The fourth-order valence-corrected chi connectivity index (χ4v) is 0.765. The van der Waals surface area contributed by atoms with Crippen molar-refractivity contribution in [2.75, 3.05) is 0 Å². The molecule has 1 heterocycles. The molecule has 0 aliphatic heterocycles. The maximum atomic E-state index is 5.60. The van der Waals surface area contributed by atoms with Gasteiger partial charge in [-0.2, -0.15) is 0 Å². The van der Waals surface area contributed by atoms with E-state index in [9.17, 15) is 0 Å². The van der Waals surface area contributed by atoms with E-state index in [4.69, 9.17) is 7.98 Å². The Morgan fingerprint density at radius 2 is 1.67 bits per heavy atom. The molecule has 0 unspecified atom stereocenters. The Bertz CT molecular complexity index is 200. The highest BCUT2D eigenvalue weighted by Gasteiger charge is 1.90. The minimum atomic E-state index is 1.08. The Balaban J connectivity index is 3.25. The zero-order valence-electron chi connectivity index (χ0n) is 5.76. The van der Waals surface area contributed by atoms with E-state index >= 15 is 0 Å². The second-order valence-corrected chi connectivity index (χ2v) is 2.18. The number of aryl methyl sites for hydroxylation is 2. The van der Waals surface area contributed by atoms with Crippen LogP contribution in [0.4, 0.5) is 0 Å². The SMILES string of the molecule is [B-][n+]1c(C)cccc1C. The van der Waals surface area contributed by atoms with E-state index in [0.29, 0.717) is 0 Å². The van der Waals surface area contributed by atoms with Gasteiger partial charge in [0, 0.05) is 13.8 Å². The molecule has 1 rings (SSSR count). The second-order valence-electron chi connectivity index (χ2n) is 2.18. The summed E-state index contributed by atoms with van der Waals surface area (Å²) < 4.78 is 1.67. The van der Waals surface area contributed by atoms with Crippen LogP contribution in [0.3, 0.4) is 0 Å². The molecule has 0 saturated carbocycles.